The molecule has 0 bridgehead atoms. The van der Waals surface area contributed by atoms with Crippen molar-refractivity contribution in [2.45, 2.75) is 72.8 Å². The minimum Gasteiger partial charge on any atom is -0.226 e. The summed E-state index contributed by atoms with van der Waals surface area (Å²) in [6.07, 6.45) is 4.73. The molecule has 0 fully saturated rings. The van der Waals surface area contributed by atoms with Crippen LogP contribution in [0.25, 0.3) is 38.6 Å². The lowest BCUT2D eigenvalue weighted by atomic mass is 9.67. The van der Waals surface area contributed by atoms with E-state index in [2.05, 4.69) is 112 Å². The molecule has 3 heterocycles. The first kappa shape index (κ1) is 21.4. The molecular formula is C32H35N2+. The summed E-state index contributed by atoms with van der Waals surface area (Å²) >= 11 is 0. The summed E-state index contributed by atoms with van der Waals surface area (Å²) in [6.45, 7) is 16.2. The Morgan fingerprint density at radius 3 is 2.15 bits per heavy atom. The predicted octanol–water partition coefficient (Wildman–Crippen LogP) is 8.07. The van der Waals surface area contributed by atoms with Crippen LogP contribution in [0.5, 0.6) is 0 Å². The van der Waals surface area contributed by atoms with Crippen LogP contribution < -0.4 is 4.57 Å². The maximum absolute atomic E-state index is 2.61. The van der Waals surface area contributed by atoms with Gasteiger partial charge in [0.25, 0.3) is 5.65 Å². The van der Waals surface area contributed by atoms with Crippen molar-refractivity contribution in [3.63, 3.8) is 0 Å². The molecule has 0 saturated carbocycles. The largest absolute Gasteiger partial charge is 0.295 e. The average Bonchev–Trinajstić information content (AvgIpc) is 3.21. The quantitative estimate of drug-likeness (QED) is 0.195. The van der Waals surface area contributed by atoms with Gasteiger partial charge in [-0.1, -0.05) is 50.2 Å². The van der Waals surface area contributed by atoms with Crippen molar-refractivity contribution >= 4 is 27.3 Å². The molecule has 172 valence electrons. The summed E-state index contributed by atoms with van der Waals surface area (Å²) in [4.78, 5) is 0. The van der Waals surface area contributed by atoms with Crippen LogP contribution in [0, 0.1) is 27.7 Å². The molecule has 0 spiro atoms. The van der Waals surface area contributed by atoms with Gasteiger partial charge in [-0.15, -0.1) is 0 Å². The van der Waals surface area contributed by atoms with Crippen LogP contribution in [0.1, 0.15) is 67.5 Å². The first-order valence-corrected chi connectivity index (χ1v) is 12.8. The number of imidazole rings is 1. The molecule has 0 aliphatic carbocycles. The number of hydrogen-bond donors (Lipinski definition) is 0. The Hall–Kier alpha value is -3.13. The van der Waals surface area contributed by atoms with Crippen LogP contribution in [0.2, 0.25) is 0 Å². The predicted molar refractivity (Wildman–Crippen MR) is 144 cm³/mol. The van der Waals surface area contributed by atoms with Crippen molar-refractivity contribution in [2.24, 2.45) is 0 Å². The molecule has 0 saturated heterocycles. The summed E-state index contributed by atoms with van der Waals surface area (Å²) in [7, 11) is 0. The lowest BCUT2D eigenvalue weighted by Gasteiger charge is -2.39. The van der Waals surface area contributed by atoms with Crippen LogP contribution >= 0.6 is 0 Å². The molecule has 1 aliphatic heterocycles. The molecular weight excluding hydrogens is 412 g/mol. The third kappa shape index (κ3) is 2.49. The second-order valence-electron chi connectivity index (χ2n) is 10.6. The van der Waals surface area contributed by atoms with Crippen molar-refractivity contribution in [3.8, 4) is 11.3 Å². The van der Waals surface area contributed by atoms with Gasteiger partial charge in [0.05, 0.1) is 5.39 Å². The smallest absolute Gasteiger partial charge is 0.226 e. The van der Waals surface area contributed by atoms with E-state index in [1.165, 1.54) is 66.4 Å². The molecule has 1 atom stereocenters. The summed E-state index contributed by atoms with van der Waals surface area (Å²) in [5.74, 6) is 0. The number of hydrogen-bond acceptors (Lipinski definition) is 0. The van der Waals surface area contributed by atoms with E-state index in [9.17, 15) is 0 Å². The second kappa shape index (κ2) is 7.18. The Labute approximate surface area is 202 Å². The minimum absolute atomic E-state index is 0.129. The Balaban J connectivity index is 1.95. The third-order valence-electron chi connectivity index (χ3n) is 9.14. The molecule has 0 amide bonds. The molecule has 2 nitrogen and oxygen atoms in total. The van der Waals surface area contributed by atoms with Crippen molar-refractivity contribution in [3.05, 3.63) is 82.5 Å². The average molecular weight is 448 g/mol. The van der Waals surface area contributed by atoms with Gasteiger partial charge in [0.15, 0.2) is 5.69 Å². The second-order valence-corrected chi connectivity index (χ2v) is 10.6. The normalized spacial score (nSPS) is 16.9. The third-order valence-corrected chi connectivity index (χ3v) is 9.14. The monoisotopic (exact) mass is 447 g/mol. The zero-order valence-corrected chi connectivity index (χ0v) is 21.6. The maximum Gasteiger partial charge on any atom is 0.295 e. The summed E-state index contributed by atoms with van der Waals surface area (Å²) < 4.78 is 5.19. The van der Waals surface area contributed by atoms with Gasteiger partial charge in [-0.05, 0) is 87.4 Å². The molecule has 3 aromatic carbocycles. The van der Waals surface area contributed by atoms with E-state index in [0.29, 0.717) is 6.04 Å². The van der Waals surface area contributed by atoms with E-state index >= 15 is 0 Å². The molecule has 1 aliphatic rings. The van der Waals surface area contributed by atoms with Gasteiger partial charge in [-0.2, -0.15) is 4.40 Å². The van der Waals surface area contributed by atoms with Gasteiger partial charge in [0.2, 0.25) is 0 Å². The molecule has 0 radical (unpaired) electrons. The first-order chi connectivity index (χ1) is 16.3. The Kier molecular flexibility index (Phi) is 4.52. The fraction of sp³-hybridized carbons (Fsp3) is 0.344. The van der Waals surface area contributed by atoms with Crippen molar-refractivity contribution < 1.29 is 4.57 Å². The van der Waals surface area contributed by atoms with Crippen molar-refractivity contribution in [2.75, 3.05) is 0 Å². The number of fused-ring (bicyclic) bond motifs is 3. The van der Waals surface area contributed by atoms with Gasteiger partial charge >= 0.3 is 0 Å². The molecule has 5 aromatic rings. The number of benzene rings is 3. The molecule has 1 unspecified atom stereocenters. The zero-order chi connectivity index (χ0) is 23.9. The number of pyridine rings is 1. The van der Waals surface area contributed by atoms with Gasteiger partial charge < -0.3 is 0 Å². The molecule has 2 aromatic heterocycles. The highest BCUT2D eigenvalue weighted by molar-refractivity contribution is 6.13. The standard InChI is InChI=1S/C32H35N2/c1-8-32(9-2)23(7)33-18-28(29-19(3)12-10-13-20(29)4)34-27-17-22(6)21(5)16-25(27)24-14-11-15-26(32)30(24)31(33)34/h10-18,23H,8-9H2,1-7H3/q+1. The molecule has 34 heavy (non-hydrogen) atoms. The summed E-state index contributed by atoms with van der Waals surface area (Å²) in [6, 6.07) is 18.9. The number of rotatable bonds is 3. The van der Waals surface area contributed by atoms with Crippen LogP contribution in [-0.4, -0.2) is 4.40 Å². The number of aryl methyl sites for hydroxylation is 4. The summed E-state index contributed by atoms with van der Waals surface area (Å²) in [5, 5.41) is 4.19. The first-order valence-electron chi connectivity index (χ1n) is 12.8. The van der Waals surface area contributed by atoms with Crippen LogP contribution in [-0.2, 0) is 5.41 Å². The molecule has 6 rings (SSSR count). The van der Waals surface area contributed by atoms with Crippen LogP contribution in [0.4, 0.5) is 0 Å². The topological polar surface area (TPSA) is 8.29 Å². The Bertz CT molecular complexity index is 1610. The molecule has 2 heteroatoms. The van der Waals surface area contributed by atoms with Crippen LogP contribution in [0.15, 0.2) is 54.7 Å². The van der Waals surface area contributed by atoms with E-state index in [0.717, 1.165) is 12.8 Å². The Morgan fingerprint density at radius 1 is 0.824 bits per heavy atom. The molecule has 0 N–H and O–H groups in total. The zero-order valence-electron chi connectivity index (χ0n) is 21.6. The summed E-state index contributed by atoms with van der Waals surface area (Å²) in [5.41, 5.74) is 12.4. The highest BCUT2D eigenvalue weighted by Gasteiger charge is 2.46. The van der Waals surface area contributed by atoms with Gasteiger partial charge in [-0.25, -0.2) is 4.57 Å². The van der Waals surface area contributed by atoms with Crippen molar-refractivity contribution in [1.29, 1.82) is 0 Å². The van der Waals surface area contributed by atoms with Gasteiger partial charge in [0, 0.05) is 21.8 Å². The van der Waals surface area contributed by atoms with E-state index in [4.69, 9.17) is 0 Å². The highest BCUT2D eigenvalue weighted by atomic mass is 15.2. The van der Waals surface area contributed by atoms with E-state index in [1.807, 2.05) is 0 Å². The lowest BCUT2D eigenvalue weighted by Crippen LogP contribution is -2.52. The lowest BCUT2D eigenvalue weighted by molar-refractivity contribution is -0.705. The highest BCUT2D eigenvalue weighted by Crippen LogP contribution is 2.49. The maximum atomic E-state index is 2.61. The van der Waals surface area contributed by atoms with E-state index in [-0.39, 0.29) is 5.41 Å². The number of nitrogens with zero attached hydrogens (tertiary/aromatic N) is 2. The number of aromatic nitrogens is 2. The fourth-order valence-corrected chi connectivity index (χ4v) is 7.00. The fourth-order valence-electron chi connectivity index (χ4n) is 7.00. The van der Waals surface area contributed by atoms with E-state index < -0.39 is 0 Å². The van der Waals surface area contributed by atoms with E-state index in [1.54, 1.807) is 0 Å². The van der Waals surface area contributed by atoms with Crippen LogP contribution in [0.3, 0.4) is 0 Å². The SMILES string of the molecule is CCC1(CC)c2cccc3c4cc(C)c(C)cc4n4c(-c5c(C)cccc5C)c[n+](c4c23)C1C. The minimum atomic E-state index is 0.129. The van der Waals surface area contributed by atoms with Gasteiger partial charge in [0.1, 0.15) is 17.8 Å². The van der Waals surface area contributed by atoms with Gasteiger partial charge in [-0.3, -0.25) is 0 Å². The van der Waals surface area contributed by atoms with Crippen molar-refractivity contribution in [1.82, 2.24) is 4.40 Å². The Morgan fingerprint density at radius 2 is 1.47 bits per heavy atom.